The summed E-state index contributed by atoms with van der Waals surface area (Å²) in [6.45, 7) is 3.50. The normalized spacial score (nSPS) is 17.9. The number of sulfonamides is 1. The number of anilines is 1. The Morgan fingerprint density at radius 1 is 1.10 bits per heavy atom. The van der Waals surface area contributed by atoms with E-state index in [1.54, 1.807) is 39.6 Å². The van der Waals surface area contributed by atoms with Crippen LogP contribution in [0.2, 0.25) is 0 Å². The van der Waals surface area contributed by atoms with Gasteiger partial charge in [0.1, 0.15) is 10.0 Å². The molecule has 1 saturated heterocycles. The van der Waals surface area contributed by atoms with Crippen molar-refractivity contribution in [3.05, 3.63) is 77.4 Å². The van der Waals surface area contributed by atoms with E-state index in [1.807, 2.05) is 13.0 Å². The molecule has 2 aromatic carbocycles. The maximum atomic E-state index is 13.6. The molecule has 1 aliphatic heterocycles. The average molecular weight is 463 g/mol. The van der Waals surface area contributed by atoms with Gasteiger partial charge in [-0.3, -0.25) is 0 Å². The van der Waals surface area contributed by atoms with Crippen LogP contribution in [0.4, 0.5) is 10.1 Å². The van der Waals surface area contributed by atoms with Crippen molar-refractivity contribution in [1.29, 1.82) is 0 Å². The second-order valence-electron chi connectivity index (χ2n) is 7.25. The first kappa shape index (κ1) is 21.4. The van der Waals surface area contributed by atoms with Crippen LogP contribution in [0.1, 0.15) is 5.56 Å². The van der Waals surface area contributed by atoms with E-state index in [0.29, 0.717) is 29.6 Å². The standard InChI is InChI=1S/C22H23FN2O2S3/c1-17-7-9-19(10-8-17)25-12-11-24(30(26,27)22-6-3-13-28-22)15-20(25)16-29-21-5-2-4-18(23)14-21/h2-10,13-14,20H,11-12,15-16H2,1H3/t20-/m1/s1. The van der Waals surface area contributed by atoms with Gasteiger partial charge in [-0.25, -0.2) is 12.8 Å². The van der Waals surface area contributed by atoms with Crippen LogP contribution in [0.3, 0.4) is 0 Å². The zero-order valence-electron chi connectivity index (χ0n) is 16.6. The molecule has 30 heavy (non-hydrogen) atoms. The van der Waals surface area contributed by atoms with E-state index in [2.05, 4.69) is 29.2 Å². The fourth-order valence-corrected chi connectivity index (χ4v) is 7.20. The Labute approximate surface area is 185 Å². The van der Waals surface area contributed by atoms with Crippen molar-refractivity contribution < 1.29 is 12.8 Å². The molecule has 1 fully saturated rings. The molecular weight excluding hydrogens is 439 g/mol. The summed E-state index contributed by atoms with van der Waals surface area (Å²) in [5.74, 6) is 0.397. The van der Waals surface area contributed by atoms with E-state index in [0.717, 1.165) is 10.6 Å². The summed E-state index contributed by atoms with van der Waals surface area (Å²) in [6, 6.07) is 18.2. The van der Waals surface area contributed by atoms with Gasteiger partial charge in [0.2, 0.25) is 0 Å². The molecule has 8 heteroatoms. The van der Waals surface area contributed by atoms with Crippen LogP contribution in [-0.4, -0.2) is 44.2 Å². The van der Waals surface area contributed by atoms with Gasteiger partial charge in [0, 0.05) is 36.0 Å². The van der Waals surface area contributed by atoms with Crippen LogP contribution < -0.4 is 4.90 Å². The van der Waals surface area contributed by atoms with Crippen LogP contribution >= 0.6 is 23.1 Å². The maximum absolute atomic E-state index is 13.6. The van der Waals surface area contributed by atoms with Crippen LogP contribution in [0, 0.1) is 12.7 Å². The highest BCUT2D eigenvalue weighted by Gasteiger charge is 2.34. The molecule has 1 atom stereocenters. The number of piperazine rings is 1. The topological polar surface area (TPSA) is 40.6 Å². The SMILES string of the molecule is Cc1ccc(N2CCN(S(=O)(=O)c3cccs3)C[C@@H]2CSc2cccc(F)c2)cc1. The molecule has 1 aliphatic rings. The Morgan fingerprint density at radius 2 is 1.90 bits per heavy atom. The minimum atomic E-state index is -3.50. The largest absolute Gasteiger partial charge is 0.365 e. The van der Waals surface area contributed by atoms with Gasteiger partial charge >= 0.3 is 0 Å². The minimum absolute atomic E-state index is 0.0236. The second kappa shape index (κ2) is 9.09. The molecule has 0 radical (unpaired) electrons. The molecule has 0 aliphatic carbocycles. The summed E-state index contributed by atoms with van der Waals surface area (Å²) in [7, 11) is -3.50. The van der Waals surface area contributed by atoms with Crippen LogP contribution in [0.15, 0.2) is 75.1 Å². The van der Waals surface area contributed by atoms with Crippen molar-refractivity contribution in [2.45, 2.75) is 22.1 Å². The summed E-state index contributed by atoms with van der Waals surface area (Å²) in [5.41, 5.74) is 2.27. The molecule has 0 saturated carbocycles. The van der Waals surface area contributed by atoms with Crippen molar-refractivity contribution in [2.24, 2.45) is 0 Å². The molecule has 2 heterocycles. The number of halogens is 1. The van der Waals surface area contributed by atoms with E-state index >= 15 is 0 Å². The number of benzene rings is 2. The highest BCUT2D eigenvalue weighted by atomic mass is 32.2. The molecule has 0 amide bonds. The lowest BCUT2D eigenvalue weighted by Crippen LogP contribution is -2.55. The molecule has 4 nitrogen and oxygen atoms in total. The number of rotatable bonds is 6. The highest BCUT2D eigenvalue weighted by Crippen LogP contribution is 2.30. The van der Waals surface area contributed by atoms with Gasteiger partial charge in [0.05, 0.1) is 6.04 Å². The van der Waals surface area contributed by atoms with Crippen LogP contribution in [-0.2, 0) is 10.0 Å². The number of nitrogens with zero attached hydrogens (tertiary/aromatic N) is 2. The van der Waals surface area contributed by atoms with Crippen molar-refractivity contribution in [2.75, 3.05) is 30.3 Å². The summed E-state index contributed by atoms with van der Waals surface area (Å²) in [6.07, 6.45) is 0. The zero-order chi connectivity index (χ0) is 21.1. The predicted molar refractivity (Wildman–Crippen MR) is 123 cm³/mol. The molecule has 3 aromatic rings. The molecule has 158 valence electrons. The lowest BCUT2D eigenvalue weighted by molar-refractivity contribution is 0.345. The van der Waals surface area contributed by atoms with Crippen molar-refractivity contribution >= 4 is 38.8 Å². The highest BCUT2D eigenvalue weighted by molar-refractivity contribution is 7.99. The molecule has 0 bridgehead atoms. The number of thioether (sulfide) groups is 1. The molecule has 0 spiro atoms. The number of hydrogen-bond donors (Lipinski definition) is 0. The third-order valence-corrected chi connectivity index (χ3v) is 9.52. The second-order valence-corrected chi connectivity index (χ2v) is 11.5. The van der Waals surface area contributed by atoms with Crippen LogP contribution in [0.25, 0.3) is 0 Å². The van der Waals surface area contributed by atoms with Crippen molar-refractivity contribution in [3.63, 3.8) is 0 Å². The molecular formula is C22H23FN2O2S3. The van der Waals surface area contributed by atoms with E-state index < -0.39 is 10.0 Å². The predicted octanol–water partition coefficient (Wildman–Crippen LogP) is 4.87. The monoisotopic (exact) mass is 462 g/mol. The molecule has 0 unspecified atom stereocenters. The fraction of sp³-hybridized carbons (Fsp3) is 0.273. The van der Waals surface area contributed by atoms with Crippen LogP contribution in [0.5, 0.6) is 0 Å². The number of hydrogen-bond acceptors (Lipinski definition) is 5. The van der Waals surface area contributed by atoms with Gasteiger partial charge in [-0.2, -0.15) is 4.31 Å². The Hall–Kier alpha value is -1.87. The summed E-state index contributed by atoms with van der Waals surface area (Å²) in [4.78, 5) is 3.11. The summed E-state index contributed by atoms with van der Waals surface area (Å²) < 4.78 is 41.7. The van der Waals surface area contributed by atoms with E-state index in [1.165, 1.54) is 29.0 Å². The van der Waals surface area contributed by atoms with Gasteiger partial charge in [0.15, 0.2) is 0 Å². The van der Waals surface area contributed by atoms with E-state index in [-0.39, 0.29) is 11.9 Å². The fourth-order valence-electron chi connectivity index (χ4n) is 3.55. The minimum Gasteiger partial charge on any atom is -0.365 e. The van der Waals surface area contributed by atoms with Crippen molar-refractivity contribution in [1.82, 2.24) is 4.31 Å². The van der Waals surface area contributed by atoms with Gasteiger partial charge in [0.25, 0.3) is 10.0 Å². The van der Waals surface area contributed by atoms with Gasteiger partial charge < -0.3 is 4.90 Å². The quantitative estimate of drug-likeness (QED) is 0.490. The lowest BCUT2D eigenvalue weighted by atomic mass is 10.1. The first-order valence-corrected chi connectivity index (χ1v) is 13.0. The van der Waals surface area contributed by atoms with Crippen molar-refractivity contribution in [3.8, 4) is 0 Å². The lowest BCUT2D eigenvalue weighted by Gasteiger charge is -2.42. The summed E-state index contributed by atoms with van der Waals surface area (Å²) in [5, 5.41) is 1.78. The first-order chi connectivity index (χ1) is 14.4. The maximum Gasteiger partial charge on any atom is 0.252 e. The van der Waals surface area contributed by atoms with E-state index in [9.17, 15) is 12.8 Å². The first-order valence-electron chi connectivity index (χ1n) is 9.69. The Balaban J connectivity index is 1.57. The molecule has 4 rings (SSSR count). The third-order valence-electron chi connectivity index (χ3n) is 5.14. The van der Waals surface area contributed by atoms with Gasteiger partial charge in [-0.15, -0.1) is 23.1 Å². The Kier molecular flexibility index (Phi) is 6.48. The number of thiophene rings is 1. The Bertz CT molecular complexity index is 1090. The average Bonchev–Trinajstić information content (AvgIpc) is 3.29. The smallest absolute Gasteiger partial charge is 0.252 e. The van der Waals surface area contributed by atoms with Gasteiger partial charge in [-0.1, -0.05) is 29.8 Å². The van der Waals surface area contributed by atoms with E-state index in [4.69, 9.17) is 0 Å². The molecule has 1 aromatic heterocycles. The Morgan fingerprint density at radius 3 is 2.60 bits per heavy atom. The number of aryl methyl sites for hydroxylation is 1. The zero-order valence-corrected chi connectivity index (χ0v) is 19.0. The van der Waals surface area contributed by atoms with Gasteiger partial charge in [-0.05, 0) is 48.7 Å². The molecule has 0 N–H and O–H groups in total. The summed E-state index contributed by atoms with van der Waals surface area (Å²) >= 11 is 2.80. The third kappa shape index (κ3) is 4.72.